The van der Waals surface area contributed by atoms with Gasteiger partial charge in [0.1, 0.15) is 17.5 Å². The molecular weight excluding hydrogens is 284 g/mol. The summed E-state index contributed by atoms with van der Waals surface area (Å²) in [5, 5.41) is 2.85. The lowest BCUT2D eigenvalue weighted by molar-refractivity contribution is 0.234. The van der Waals surface area contributed by atoms with Crippen LogP contribution in [0.1, 0.15) is 20.8 Å². The third-order valence-corrected chi connectivity index (χ3v) is 2.87. The van der Waals surface area contributed by atoms with Gasteiger partial charge in [-0.1, -0.05) is 0 Å². The Labute approximate surface area is 126 Å². The summed E-state index contributed by atoms with van der Waals surface area (Å²) in [6.45, 7) is 5.67. The summed E-state index contributed by atoms with van der Waals surface area (Å²) in [5.41, 5.74) is 6.61. The van der Waals surface area contributed by atoms with E-state index >= 15 is 0 Å². The molecular formula is C14H16N6O2. The van der Waals surface area contributed by atoms with E-state index in [1.54, 1.807) is 12.1 Å². The minimum Gasteiger partial charge on any atom is -0.463 e. The van der Waals surface area contributed by atoms with Crippen LogP contribution in [0.4, 0.5) is 10.7 Å². The number of nitrogens with one attached hydrogen (secondary N) is 1. The largest absolute Gasteiger partial charge is 0.463 e. The SMILES string of the molecule is CC(C)(C)NC(=O)n1cnc2c(-c3ccco3)nc(N)nc21. The molecule has 0 aromatic carbocycles. The molecule has 0 spiro atoms. The summed E-state index contributed by atoms with van der Waals surface area (Å²) in [6.07, 6.45) is 2.93. The number of carbonyl (C=O) groups excluding carboxylic acids is 1. The summed E-state index contributed by atoms with van der Waals surface area (Å²) in [5.74, 6) is 0.560. The van der Waals surface area contributed by atoms with Crippen LogP contribution in [-0.2, 0) is 0 Å². The zero-order chi connectivity index (χ0) is 15.9. The van der Waals surface area contributed by atoms with Crippen molar-refractivity contribution in [1.29, 1.82) is 0 Å². The Morgan fingerprint density at radius 3 is 2.77 bits per heavy atom. The minimum absolute atomic E-state index is 0.0456. The molecule has 0 aliphatic carbocycles. The third kappa shape index (κ3) is 2.50. The van der Waals surface area contributed by atoms with Gasteiger partial charge in [-0.3, -0.25) is 0 Å². The number of anilines is 1. The van der Waals surface area contributed by atoms with Gasteiger partial charge in [-0.05, 0) is 32.9 Å². The van der Waals surface area contributed by atoms with Crippen molar-refractivity contribution in [2.75, 3.05) is 5.73 Å². The van der Waals surface area contributed by atoms with E-state index in [1.807, 2.05) is 20.8 Å². The fraction of sp³-hybridized carbons (Fsp3) is 0.286. The number of hydrogen-bond donors (Lipinski definition) is 2. The van der Waals surface area contributed by atoms with Gasteiger partial charge in [-0.25, -0.2) is 19.3 Å². The molecule has 3 aromatic heterocycles. The van der Waals surface area contributed by atoms with Crippen molar-refractivity contribution in [2.24, 2.45) is 0 Å². The Hall–Kier alpha value is -2.90. The van der Waals surface area contributed by atoms with Gasteiger partial charge in [-0.2, -0.15) is 4.98 Å². The van der Waals surface area contributed by atoms with Gasteiger partial charge < -0.3 is 15.5 Å². The molecule has 0 saturated carbocycles. The Kier molecular flexibility index (Phi) is 3.09. The van der Waals surface area contributed by atoms with E-state index in [0.717, 1.165) is 0 Å². The van der Waals surface area contributed by atoms with E-state index < -0.39 is 0 Å². The van der Waals surface area contributed by atoms with Crippen molar-refractivity contribution in [3.05, 3.63) is 24.7 Å². The highest BCUT2D eigenvalue weighted by atomic mass is 16.3. The van der Waals surface area contributed by atoms with Crippen molar-refractivity contribution < 1.29 is 9.21 Å². The first kappa shape index (κ1) is 14.1. The Bertz CT molecular complexity index is 829. The van der Waals surface area contributed by atoms with Gasteiger partial charge in [0.2, 0.25) is 5.95 Å². The predicted molar refractivity (Wildman–Crippen MR) is 81.1 cm³/mol. The number of imidazole rings is 1. The van der Waals surface area contributed by atoms with Crippen molar-refractivity contribution in [2.45, 2.75) is 26.3 Å². The summed E-state index contributed by atoms with van der Waals surface area (Å²) in [4.78, 5) is 24.8. The van der Waals surface area contributed by atoms with Crippen molar-refractivity contribution >= 4 is 23.1 Å². The molecule has 8 nitrogen and oxygen atoms in total. The molecule has 0 aliphatic rings. The lowest BCUT2D eigenvalue weighted by atomic mass is 10.1. The van der Waals surface area contributed by atoms with Crippen molar-refractivity contribution in [3.63, 3.8) is 0 Å². The monoisotopic (exact) mass is 300 g/mol. The van der Waals surface area contributed by atoms with Gasteiger partial charge in [-0.15, -0.1) is 0 Å². The van der Waals surface area contributed by atoms with Crippen LogP contribution < -0.4 is 11.1 Å². The zero-order valence-electron chi connectivity index (χ0n) is 12.5. The molecule has 1 amide bonds. The number of hydrogen-bond acceptors (Lipinski definition) is 6. The maximum Gasteiger partial charge on any atom is 0.328 e. The van der Waals surface area contributed by atoms with Crippen molar-refractivity contribution in [3.8, 4) is 11.5 Å². The minimum atomic E-state index is -0.379. The molecule has 0 aliphatic heterocycles. The normalized spacial score (nSPS) is 11.8. The number of amides is 1. The number of furan rings is 1. The number of nitrogens with two attached hydrogens (primary N) is 1. The van der Waals surface area contributed by atoms with Crippen LogP contribution in [0.2, 0.25) is 0 Å². The van der Waals surface area contributed by atoms with Crippen molar-refractivity contribution in [1.82, 2.24) is 24.8 Å². The molecule has 22 heavy (non-hydrogen) atoms. The number of rotatable bonds is 1. The van der Waals surface area contributed by atoms with Crippen LogP contribution in [-0.4, -0.2) is 31.1 Å². The second-order valence-electron chi connectivity index (χ2n) is 5.87. The third-order valence-electron chi connectivity index (χ3n) is 2.87. The maximum atomic E-state index is 12.3. The number of carbonyl (C=O) groups is 1. The van der Waals surface area contributed by atoms with E-state index in [0.29, 0.717) is 22.6 Å². The van der Waals surface area contributed by atoms with E-state index in [-0.39, 0.29) is 17.5 Å². The van der Waals surface area contributed by atoms with E-state index in [1.165, 1.54) is 17.2 Å². The second kappa shape index (κ2) is 4.83. The van der Waals surface area contributed by atoms with Crippen LogP contribution in [0.15, 0.2) is 29.1 Å². The molecule has 0 fully saturated rings. The summed E-state index contributed by atoms with van der Waals surface area (Å²) in [7, 11) is 0. The quantitative estimate of drug-likeness (QED) is 0.711. The number of nitrogen functional groups attached to an aromatic ring is 1. The topological polar surface area (TPSA) is 112 Å². The van der Waals surface area contributed by atoms with Crippen LogP contribution in [0.25, 0.3) is 22.6 Å². The number of aromatic nitrogens is 4. The van der Waals surface area contributed by atoms with Crippen LogP contribution in [0.3, 0.4) is 0 Å². The van der Waals surface area contributed by atoms with Gasteiger partial charge in [0.05, 0.1) is 6.26 Å². The highest BCUT2D eigenvalue weighted by Gasteiger charge is 2.21. The van der Waals surface area contributed by atoms with Gasteiger partial charge in [0.15, 0.2) is 11.4 Å². The Balaban J connectivity index is 2.14. The average molecular weight is 300 g/mol. The Morgan fingerprint density at radius 1 is 1.36 bits per heavy atom. The summed E-state index contributed by atoms with van der Waals surface area (Å²) in [6, 6.07) is 3.15. The molecule has 3 aromatic rings. The second-order valence-corrected chi connectivity index (χ2v) is 5.87. The first-order chi connectivity index (χ1) is 10.3. The molecule has 0 saturated heterocycles. The standard InChI is InChI=1S/C14H16N6O2/c1-14(2,3)19-13(21)20-7-16-10-9(8-5-4-6-22-8)17-12(15)18-11(10)20/h4-7H,1-3H3,(H,19,21)(H2,15,17,18). The number of nitrogens with zero attached hydrogens (tertiary/aromatic N) is 4. The van der Waals surface area contributed by atoms with Gasteiger partial charge in [0.25, 0.3) is 0 Å². The molecule has 3 N–H and O–H groups in total. The van der Waals surface area contributed by atoms with Crippen LogP contribution in [0.5, 0.6) is 0 Å². The molecule has 3 heterocycles. The smallest absolute Gasteiger partial charge is 0.328 e. The number of fused-ring (bicyclic) bond motifs is 1. The summed E-state index contributed by atoms with van der Waals surface area (Å²) >= 11 is 0. The van der Waals surface area contributed by atoms with Gasteiger partial charge in [0, 0.05) is 5.54 Å². The lowest BCUT2D eigenvalue weighted by Crippen LogP contribution is -2.42. The molecule has 0 unspecified atom stereocenters. The average Bonchev–Trinajstić information content (AvgIpc) is 3.04. The van der Waals surface area contributed by atoms with Gasteiger partial charge >= 0.3 is 6.03 Å². The van der Waals surface area contributed by atoms with Crippen LogP contribution in [0, 0.1) is 0 Å². The molecule has 8 heteroatoms. The fourth-order valence-electron chi connectivity index (χ4n) is 2.03. The predicted octanol–water partition coefficient (Wildman–Crippen LogP) is 2.02. The first-order valence-electron chi connectivity index (χ1n) is 6.72. The molecule has 114 valence electrons. The fourth-order valence-corrected chi connectivity index (χ4v) is 2.03. The van der Waals surface area contributed by atoms with E-state index in [2.05, 4.69) is 20.3 Å². The zero-order valence-corrected chi connectivity index (χ0v) is 12.5. The Morgan fingerprint density at radius 2 is 2.14 bits per heavy atom. The highest BCUT2D eigenvalue weighted by Crippen LogP contribution is 2.26. The molecule has 3 rings (SSSR count). The molecule has 0 bridgehead atoms. The maximum absolute atomic E-state index is 12.3. The van der Waals surface area contributed by atoms with Crippen LogP contribution >= 0.6 is 0 Å². The van der Waals surface area contributed by atoms with E-state index in [9.17, 15) is 4.79 Å². The summed E-state index contributed by atoms with van der Waals surface area (Å²) < 4.78 is 6.65. The van der Waals surface area contributed by atoms with E-state index in [4.69, 9.17) is 10.2 Å². The first-order valence-corrected chi connectivity index (χ1v) is 6.72. The highest BCUT2D eigenvalue weighted by molar-refractivity contribution is 5.93. The lowest BCUT2D eigenvalue weighted by Gasteiger charge is -2.20. The molecule has 0 radical (unpaired) electrons. The molecule has 0 atom stereocenters.